The Bertz CT molecular complexity index is 882. The van der Waals surface area contributed by atoms with Gasteiger partial charge in [0.1, 0.15) is 0 Å². The Labute approximate surface area is 161 Å². The molecule has 0 atom stereocenters. The van der Waals surface area contributed by atoms with Crippen molar-refractivity contribution in [3.8, 4) is 0 Å². The summed E-state index contributed by atoms with van der Waals surface area (Å²) in [6.07, 6.45) is 0. The van der Waals surface area contributed by atoms with Gasteiger partial charge in [0.15, 0.2) is 5.78 Å². The lowest BCUT2D eigenvalue weighted by Crippen LogP contribution is -2.50. The van der Waals surface area contributed by atoms with Crippen LogP contribution in [0.5, 0.6) is 0 Å². The summed E-state index contributed by atoms with van der Waals surface area (Å²) in [7, 11) is -3.34. The molecule has 3 rings (SSSR count). The molecule has 1 aliphatic heterocycles. The van der Waals surface area contributed by atoms with Crippen LogP contribution in [0.25, 0.3) is 0 Å². The summed E-state index contributed by atoms with van der Waals surface area (Å²) in [5, 5.41) is 0. The number of hydrogen-bond donors (Lipinski definition) is 0. The van der Waals surface area contributed by atoms with E-state index in [1.165, 1.54) is 0 Å². The van der Waals surface area contributed by atoms with Crippen molar-refractivity contribution in [3.63, 3.8) is 0 Å². The Morgan fingerprint density at radius 3 is 1.93 bits per heavy atom. The third-order valence-corrected chi connectivity index (χ3v) is 6.79. The Hall–Kier alpha value is -2.02. The van der Waals surface area contributed by atoms with Crippen LogP contribution in [0, 0.1) is 13.8 Å². The van der Waals surface area contributed by atoms with E-state index >= 15 is 0 Å². The van der Waals surface area contributed by atoms with E-state index in [-0.39, 0.29) is 11.5 Å². The smallest absolute Gasteiger partial charge is 0.218 e. The van der Waals surface area contributed by atoms with Crippen molar-refractivity contribution >= 4 is 15.8 Å². The van der Waals surface area contributed by atoms with Gasteiger partial charge in [-0.25, -0.2) is 8.42 Å². The molecule has 0 radical (unpaired) electrons. The first-order valence-electron chi connectivity index (χ1n) is 9.19. The normalized spacial score (nSPS) is 16.4. The highest BCUT2D eigenvalue weighted by atomic mass is 32.2. The van der Waals surface area contributed by atoms with E-state index in [0.29, 0.717) is 38.3 Å². The van der Waals surface area contributed by atoms with E-state index < -0.39 is 10.0 Å². The van der Waals surface area contributed by atoms with Gasteiger partial charge in [0, 0.05) is 31.7 Å². The van der Waals surface area contributed by atoms with Gasteiger partial charge in [0.25, 0.3) is 0 Å². The van der Waals surface area contributed by atoms with Crippen molar-refractivity contribution < 1.29 is 13.2 Å². The summed E-state index contributed by atoms with van der Waals surface area (Å²) < 4.78 is 26.9. The van der Waals surface area contributed by atoms with Crippen molar-refractivity contribution in [3.05, 3.63) is 70.8 Å². The van der Waals surface area contributed by atoms with Crippen LogP contribution >= 0.6 is 0 Å². The summed E-state index contributed by atoms with van der Waals surface area (Å²) in [5.41, 5.74) is 3.74. The topological polar surface area (TPSA) is 57.7 Å². The van der Waals surface area contributed by atoms with E-state index in [0.717, 1.165) is 16.7 Å². The van der Waals surface area contributed by atoms with Crippen molar-refractivity contribution in [1.82, 2.24) is 9.21 Å². The average Bonchev–Trinajstić information content (AvgIpc) is 2.64. The number of hydrogen-bond acceptors (Lipinski definition) is 4. The van der Waals surface area contributed by atoms with E-state index in [1.807, 2.05) is 67.3 Å². The lowest BCUT2D eigenvalue weighted by molar-refractivity contribution is 0.0901. The monoisotopic (exact) mass is 386 g/mol. The molecule has 144 valence electrons. The van der Waals surface area contributed by atoms with Gasteiger partial charge in [-0.2, -0.15) is 4.31 Å². The summed E-state index contributed by atoms with van der Waals surface area (Å²) >= 11 is 0. The van der Waals surface area contributed by atoms with Crippen molar-refractivity contribution in [2.24, 2.45) is 0 Å². The number of carbonyl (C=O) groups is 1. The predicted molar refractivity (Wildman–Crippen MR) is 107 cm³/mol. The third kappa shape index (κ3) is 5.25. The van der Waals surface area contributed by atoms with E-state index in [1.54, 1.807) is 4.31 Å². The highest BCUT2D eigenvalue weighted by Gasteiger charge is 2.27. The Morgan fingerprint density at radius 2 is 1.37 bits per heavy atom. The van der Waals surface area contributed by atoms with Gasteiger partial charge < -0.3 is 0 Å². The van der Waals surface area contributed by atoms with E-state index in [4.69, 9.17) is 0 Å². The third-order valence-electron chi connectivity index (χ3n) is 4.94. The van der Waals surface area contributed by atoms with Crippen LogP contribution < -0.4 is 0 Å². The minimum absolute atomic E-state index is 0.0234. The summed E-state index contributed by atoms with van der Waals surface area (Å²) in [5.74, 6) is 0.0984. The van der Waals surface area contributed by atoms with Gasteiger partial charge in [0.05, 0.1) is 12.3 Å². The number of rotatable bonds is 6. The molecule has 0 bridgehead atoms. The Morgan fingerprint density at radius 1 is 0.852 bits per heavy atom. The first-order chi connectivity index (χ1) is 12.8. The van der Waals surface area contributed by atoms with Gasteiger partial charge >= 0.3 is 0 Å². The van der Waals surface area contributed by atoms with Crippen molar-refractivity contribution in [1.29, 1.82) is 0 Å². The van der Waals surface area contributed by atoms with Crippen molar-refractivity contribution in [2.45, 2.75) is 19.6 Å². The Balaban J connectivity index is 1.54. The number of nitrogens with zero attached hydrogens (tertiary/aromatic N) is 2. The Kier molecular flexibility index (Phi) is 6.09. The van der Waals surface area contributed by atoms with Gasteiger partial charge in [0.2, 0.25) is 10.0 Å². The molecule has 1 aliphatic rings. The number of sulfonamides is 1. The standard InChI is InChI=1S/C21H26N2O3S/c1-17-3-7-19(8-4-17)16-27(25,26)23-13-11-22(12-14-23)15-21(24)20-9-5-18(2)6-10-20/h3-10H,11-16H2,1-2H3. The molecule has 6 heteroatoms. The number of Topliss-reactive ketones (excluding diaryl/α,β-unsaturated/α-hetero) is 1. The second-order valence-electron chi connectivity index (χ2n) is 7.21. The van der Waals surface area contributed by atoms with Crippen LogP contribution in [0.4, 0.5) is 0 Å². The highest BCUT2D eigenvalue weighted by Crippen LogP contribution is 2.15. The fourth-order valence-electron chi connectivity index (χ4n) is 3.19. The fourth-order valence-corrected chi connectivity index (χ4v) is 4.70. The highest BCUT2D eigenvalue weighted by molar-refractivity contribution is 7.88. The average molecular weight is 387 g/mol. The molecule has 0 N–H and O–H groups in total. The molecule has 0 aliphatic carbocycles. The van der Waals surface area contributed by atoms with Gasteiger partial charge in [-0.3, -0.25) is 9.69 Å². The van der Waals surface area contributed by atoms with Crippen LogP contribution in [0.1, 0.15) is 27.0 Å². The molecule has 0 aromatic heterocycles. The first-order valence-corrected chi connectivity index (χ1v) is 10.8. The van der Waals surface area contributed by atoms with Crippen LogP contribution in [0.3, 0.4) is 0 Å². The van der Waals surface area contributed by atoms with Crippen LogP contribution in [-0.2, 0) is 15.8 Å². The predicted octanol–water partition coefficient (Wildman–Crippen LogP) is 2.63. The second-order valence-corrected chi connectivity index (χ2v) is 9.18. The largest absolute Gasteiger partial charge is 0.293 e. The zero-order chi connectivity index (χ0) is 19.4. The zero-order valence-electron chi connectivity index (χ0n) is 15.9. The number of benzene rings is 2. The lowest BCUT2D eigenvalue weighted by atomic mass is 10.1. The molecule has 0 amide bonds. The molecule has 2 aromatic carbocycles. The van der Waals surface area contributed by atoms with Crippen LogP contribution in [-0.4, -0.2) is 56.1 Å². The van der Waals surface area contributed by atoms with Gasteiger partial charge in [-0.05, 0) is 19.4 Å². The molecule has 0 unspecified atom stereocenters. The molecule has 1 saturated heterocycles. The molecular weight excluding hydrogens is 360 g/mol. The fraction of sp³-hybridized carbons (Fsp3) is 0.381. The number of piperazine rings is 1. The maximum Gasteiger partial charge on any atom is 0.218 e. The van der Waals surface area contributed by atoms with E-state index in [2.05, 4.69) is 0 Å². The zero-order valence-corrected chi connectivity index (χ0v) is 16.7. The van der Waals surface area contributed by atoms with E-state index in [9.17, 15) is 13.2 Å². The minimum Gasteiger partial charge on any atom is -0.293 e. The maximum atomic E-state index is 12.7. The van der Waals surface area contributed by atoms with Crippen LogP contribution in [0.2, 0.25) is 0 Å². The number of carbonyl (C=O) groups excluding carboxylic acids is 1. The SMILES string of the molecule is Cc1ccc(CS(=O)(=O)N2CCN(CC(=O)c3ccc(C)cc3)CC2)cc1. The van der Waals surface area contributed by atoms with Crippen molar-refractivity contribution in [2.75, 3.05) is 32.7 Å². The molecule has 5 nitrogen and oxygen atoms in total. The lowest BCUT2D eigenvalue weighted by Gasteiger charge is -2.33. The van der Waals surface area contributed by atoms with Gasteiger partial charge in [-0.1, -0.05) is 59.7 Å². The first kappa shape index (κ1) is 19.7. The maximum absolute atomic E-state index is 12.7. The molecule has 1 heterocycles. The summed E-state index contributed by atoms with van der Waals surface area (Å²) in [6, 6.07) is 15.2. The molecule has 2 aromatic rings. The molecule has 0 spiro atoms. The minimum atomic E-state index is -3.34. The van der Waals surface area contributed by atoms with Gasteiger partial charge in [-0.15, -0.1) is 0 Å². The molecular formula is C21H26N2O3S. The number of ketones is 1. The molecule has 0 saturated carbocycles. The summed E-state index contributed by atoms with van der Waals surface area (Å²) in [4.78, 5) is 14.4. The number of aryl methyl sites for hydroxylation is 2. The molecule has 1 fully saturated rings. The summed E-state index contributed by atoms with van der Waals surface area (Å²) in [6.45, 7) is 6.30. The molecule has 27 heavy (non-hydrogen) atoms. The quantitative estimate of drug-likeness (QED) is 0.716. The van der Waals surface area contributed by atoms with Crippen LogP contribution in [0.15, 0.2) is 48.5 Å². The second kappa shape index (κ2) is 8.33.